The van der Waals surface area contributed by atoms with E-state index in [9.17, 15) is 23.1 Å². The van der Waals surface area contributed by atoms with Gasteiger partial charge in [0.2, 0.25) is 0 Å². The summed E-state index contributed by atoms with van der Waals surface area (Å²) in [4.78, 5) is 29.6. The monoisotopic (exact) mass is 600 g/mol. The van der Waals surface area contributed by atoms with Crippen molar-refractivity contribution in [3.63, 3.8) is 0 Å². The van der Waals surface area contributed by atoms with E-state index >= 15 is 0 Å². The summed E-state index contributed by atoms with van der Waals surface area (Å²) in [6, 6.07) is 18.4. The fourth-order valence-corrected chi connectivity index (χ4v) is 5.60. The molecule has 3 atom stereocenters. The summed E-state index contributed by atoms with van der Waals surface area (Å²) in [6.45, 7) is 3.84. The molecule has 4 rings (SSSR count). The van der Waals surface area contributed by atoms with Crippen molar-refractivity contribution in [2.45, 2.75) is 30.9 Å². The van der Waals surface area contributed by atoms with E-state index in [-0.39, 0.29) is 53.5 Å². The highest BCUT2D eigenvalue weighted by molar-refractivity contribution is 7.92. The number of aliphatic hydroxyl groups is 1. The number of fused-ring (bicyclic) bond motifs is 1. The Bertz CT molecular complexity index is 1490. The molecule has 10 nitrogen and oxygen atoms in total. The Morgan fingerprint density at radius 3 is 2.46 bits per heavy atom. The van der Waals surface area contributed by atoms with Gasteiger partial charge in [-0.2, -0.15) is 0 Å². The predicted octanol–water partition coefficient (Wildman–Crippen LogP) is 4.52. The van der Waals surface area contributed by atoms with Crippen LogP contribution in [0.15, 0.2) is 77.7 Å². The van der Waals surface area contributed by atoms with E-state index < -0.39 is 28.1 Å². The Kier molecular flexibility index (Phi) is 9.42. The maximum absolute atomic E-state index is 13.7. The van der Waals surface area contributed by atoms with Crippen LogP contribution in [0.2, 0.25) is 5.02 Å². The van der Waals surface area contributed by atoms with Crippen molar-refractivity contribution in [3.05, 3.63) is 83.4 Å². The van der Waals surface area contributed by atoms with Gasteiger partial charge in [0.1, 0.15) is 11.9 Å². The van der Waals surface area contributed by atoms with Crippen LogP contribution in [-0.4, -0.2) is 74.2 Å². The zero-order chi connectivity index (χ0) is 29.7. The number of carbonyl (C=O) groups is 2. The van der Waals surface area contributed by atoms with E-state index in [0.29, 0.717) is 10.7 Å². The molecular weight excluding hydrogens is 568 g/mol. The van der Waals surface area contributed by atoms with Gasteiger partial charge in [-0.3, -0.25) is 9.52 Å². The molecule has 0 fully saturated rings. The molecule has 1 aliphatic rings. The second kappa shape index (κ2) is 12.8. The van der Waals surface area contributed by atoms with Crippen molar-refractivity contribution < 1.29 is 27.9 Å². The minimum absolute atomic E-state index is 0.0115. The molecule has 3 aromatic rings. The van der Waals surface area contributed by atoms with Gasteiger partial charge >= 0.3 is 6.03 Å². The highest BCUT2D eigenvalue weighted by Gasteiger charge is 2.34. The van der Waals surface area contributed by atoms with Crippen LogP contribution in [0.3, 0.4) is 0 Å². The molecule has 1 heterocycles. The number of urea groups is 1. The fourth-order valence-electron chi connectivity index (χ4n) is 4.42. The summed E-state index contributed by atoms with van der Waals surface area (Å²) in [5, 5.41) is 13.1. The largest absolute Gasteiger partial charge is 0.487 e. The molecule has 12 heteroatoms. The first kappa shape index (κ1) is 30.2. The maximum atomic E-state index is 13.7. The minimum atomic E-state index is -3.96. The number of nitrogens with zero attached hydrogens (tertiary/aromatic N) is 2. The molecule has 3 N–H and O–H groups in total. The lowest BCUT2D eigenvalue weighted by Crippen LogP contribution is -2.50. The van der Waals surface area contributed by atoms with Gasteiger partial charge in [-0.15, -0.1) is 0 Å². The molecule has 0 unspecified atom stereocenters. The third-order valence-electron chi connectivity index (χ3n) is 6.87. The van der Waals surface area contributed by atoms with Gasteiger partial charge in [0, 0.05) is 35.9 Å². The van der Waals surface area contributed by atoms with Gasteiger partial charge in [0.25, 0.3) is 15.9 Å². The zero-order valence-corrected chi connectivity index (χ0v) is 24.5. The topological polar surface area (TPSA) is 128 Å². The summed E-state index contributed by atoms with van der Waals surface area (Å²) in [7, 11) is -2.31. The minimum Gasteiger partial charge on any atom is -0.487 e. The number of halogens is 1. The van der Waals surface area contributed by atoms with Crippen LogP contribution in [0, 0.1) is 5.92 Å². The second-order valence-corrected chi connectivity index (χ2v) is 12.2. The molecule has 1 aliphatic heterocycles. The molecule has 0 spiro atoms. The number of nitrogens with one attached hydrogen (secondary N) is 2. The lowest BCUT2D eigenvalue weighted by Gasteiger charge is -2.38. The summed E-state index contributed by atoms with van der Waals surface area (Å²) in [6.07, 6.45) is -0.515. The SMILES string of the molecule is C[C@@H]1CN([C@H](C)CO)C(=O)c2cc(NS(=O)(=O)c3ccc(Cl)cc3)ccc2O[C@@H]1CN(C)C(=O)Nc1ccccc1. The number of sulfonamides is 1. The maximum Gasteiger partial charge on any atom is 0.321 e. The van der Waals surface area contributed by atoms with E-state index in [2.05, 4.69) is 10.0 Å². The van der Waals surface area contributed by atoms with E-state index in [4.69, 9.17) is 16.3 Å². The number of carbonyl (C=O) groups excluding carboxylic acids is 2. The highest BCUT2D eigenvalue weighted by atomic mass is 35.5. The Morgan fingerprint density at radius 2 is 1.80 bits per heavy atom. The van der Waals surface area contributed by atoms with Crippen molar-refractivity contribution in [3.8, 4) is 5.75 Å². The van der Waals surface area contributed by atoms with Gasteiger partial charge in [-0.05, 0) is 61.5 Å². The van der Waals surface area contributed by atoms with Crippen molar-refractivity contribution in [2.24, 2.45) is 5.92 Å². The van der Waals surface area contributed by atoms with Crippen LogP contribution in [0.25, 0.3) is 0 Å². The van der Waals surface area contributed by atoms with E-state index in [0.717, 1.165) is 0 Å². The lowest BCUT2D eigenvalue weighted by atomic mass is 9.99. The molecule has 218 valence electrons. The van der Waals surface area contributed by atoms with E-state index in [1.165, 1.54) is 47.4 Å². The zero-order valence-electron chi connectivity index (χ0n) is 23.0. The van der Waals surface area contributed by atoms with Gasteiger partial charge in [-0.25, -0.2) is 13.2 Å². The number of ether oxygens (including phenoxy) is 1. The number of amides is 3. The third kappa shape index (κ3) is 7.29. The average molecular weight is 601 g/mol. The summed E-state index contributed by atoms with van der Waals surface area (Å²) < 4.78 is 34.7. The molecule has 3 aromatic carbocycles. The molecule has 0 radical (unpaired) electrons. The molecule has 0 saturated carbocycles. The number of likely N-dealkylation sites (N-methyl/N-ethyl adjacent to an activating group) is 1. The Morgan fingerprint density at radius 1 is 1.12 bits per heavy atom. The van der Waals surface area contributed by atoms with Gasteiger partial charge in [-0.1, -0.05) is 36.7 Å². The summed E-state index contributed by atoms with van der Waals surface area (Å²) in [5.74, 6) is -0.376. The molecule has 3 amide bonds. The molecule has 0 aromatic heterocycles. The lowest BCUT2D eigenvalue weighted by molar-refractivity contribution is 0.0371. The molecule has 0 bridgehead atoms. The first-order valence-corrected chi connectivity index (χ1v) is 14.9. The van der Waals surface area contributed by atoms with Gasteiger partial charge < -0.3 is 25.0 Å². The van der Waals surface area contributed by atoms with Crippen molar-refractivity contribution in [1.29, 1.82) is 0 Å². The average Bonchev–Trinajstić information content (AvgIpc) is 2.95. The molecular formula is C29H33ClN4O6S. The quantitative estimate of drug-likeness (QED) is 0.349. The fraction of sp³-hybridized carbons (Fsp3) is 0.310. The van der Waals surface area contributed by atoms with Crippen molar-refractivity contribution in [2.75, 3.05) is 36.8 Å². The first-order valence-electron chi connectivity index (χ1n) is 13.1. The van der Waals surface area contributed by atoms with E-state index in [1.807, 2.05) is 25.1 Å². The van der Waals surface area contributed by atoms with Crippen molar-refractivity contribution in [1.82, 2.24) is 9.80 Å². The number of hydrogen-bond acceptors (Lipinski definition) is 6. The Hall–Kier alpha value is -3.80. The number of anilines is 2. The normalized spacial score (nSPS) is 17.9. The van der Waals surface area contributed by atoms with Crippen LogP contribution in [0.1, 0.15) is 24.2 Å². The van der Waals surface area contributed by atoms with Crippen LogP contribution >= 0.6 is 11.6 Å². The van der Waals surface area contributed by atoms with Crippen LogP contribution in [0.4, 0.5) is 16.2 Å². The Balaban J connectivity index is 1.62. The molecule has 0 saturated heterocycles. The number of para-hydroxylation sites is 1. The number of rotatable bonds is 8. The summed E-state index contributed by atoms with van der Waals surface area (Å²) in [5.41, 5.74) is 0.954. The number of benzene rings is 3. The van der Waals surface area contributed by atoms with Crippen LogP contribution < -0.4 is 14.8 Å². The number of hydrogen-bond donors (Lipinski definition) is 3. The smallest absolute Gasteiger partial charge is 0.321 e. The predicted molar refractivity (Wildman–Crippen MR) is 158 cm³/mol. The third-order valence-corrected chi connectivity index (χ3v) is 8.52. The van der Waals surface area contributed by atoms with Gasteiger partial charge in [0.05, 0.1) is 29.7 Å². The van der Waals surface area contributed by atoms with Crippen molar-refractivity contribution >= 4 is 44.9 Å². The second-order valence-electron chi connectivity index (χ2n) is 10.1. The van der Waals surface area contributed by atoms with Crippen LogP contribution in [-0.2, 0) is 10.0 Å². The molecule has 41 heavy (non-hydrogen) atoms. The number of aliphatic hydroxyl groups excluding tert-OH is 1. The van der Waals surface area contributed by atoms with Gasteiger partial charge in [0.15, 0.2) is 0 Å². The first-order chi connectivity index (χ1) is 19.5. The molecule has 0 aliphatic carbocycles. The van der Waals surface area contributed by atoms with E-state index in [1.54, 1.807) is 31.0 Å². The highest BCUT2D eigenvalue weighted by Crippen LogP contribution is 2.31. The summed E-state index contributed by atoms with van der Waals surface area (Å²) >= 11 is 5.89. The van der Waals surface area contributed by atoms with Crippen LogP contribution in [0.5, 0.6) is 5.75 Å². The Labute approximate surface area is 244 Å². The standard InChI is InChI=1S/C29H33ClN4O6S/c1-19-16-34(20(2)18-35)28(36)25-15-23(32-41(38,39)24-12-9-21(30)10-13-24)11-14-26(25)40-27(19)17-33(3)29(37)31-22-7-5-4-6-8-22/h4-15,19-20,27,32,35H,16-18H2,1-3H3,(H,31,37)/t19-,20-,27-/m1/s1.